The normalized spacial score (nSPS) is 10.5. The van der Waals surface area contributed by atoms with Crippen LogP contribution in [0.4, 0.5) is 0 Å². The van der Waals surface area contributed by atoms with E-state index < -0.39 is 11.9 Å². The molecule has 0 saturated carbocycles. The monoisotopic (exact) mass is 301 g/mol. The van der Waals surface area contributed by atoms with Gasteiger partial charge in [-0.25, -0.2) is 4.79 Å². The van der Waals surface area contributed by atoms with Crippen LogP contribution >= 0.6 is 0 Å². The maximum atomic E-state index is 12.2. The molecule has 5 nitrogen and oxygen atoms in total. The van der Waals surface area contributed by atoms with Gasteiger partial charge >= 0.3 is 11.9 Å². The molecule has 0 bridgehead atoms. The SMILES string of the molecule is Cc1[nH]c(C(=O)OCc2ccccc2)c(C)c1CCC(=O)O. The number of aromatic amines is 1. The first-order valence-electron chi connectivity index (χ1n) is 7.10. The highest BCUT2D eigenvalue weighted by Crippen LogP contribution is 2.20. The highest BCUT2D eigenvalue weighted by Gasteiger charge is 2.19. The summed E-state index contributed by atoms with van der Waals surface area (Å²) in [5, 5.41) is 8.78. The van der Waals surface area contributed by atoms with Crippen molar-refractivity contribution < 1.29 is 19.4 Å². The molecule has 0 aliphatic rings. The Labute approximate surface area is 128 Å². The van der Waals surface area contributed by atoms with Gasteiger partial charge in [-0.2, -0.15) is 0 Å². The molecule has 0 fully saturated rings. The maximum absolute atomic E-state index is 12.2. The minimum absolute atomic E-state index is 0.0397. The number of nitrogens with one attached hydrogen (secondary N) is 1. The first-order valence-corrected chi connectivity index (χ1v) is 7.10. The molecular formula is C17H19NO4. The Balaban J connectivity index is 2.06. The van der Waals surface area contributed by atoms with Crippen LogP contribution < -0.4 is 0 Å². The average molecular weight is 301 g/mol. The second-order valence-electron chi connectivity index (χ2n) is 5.18. The number of benzene rings is 1. The number of carbonyl (C=O) groups is 2. The third-order valence-electron chi connectivity index (χ3n) is 3.60. The van der Waals surface area contributed by atoms with Gasteiger partial charge in [-0.15, -0.1) is 0 Å². The summed E-state index contributed by atoms with van der Waals surface area (Å²) in [5.41, 5.74) is 3.76. The Morgan fingerprint density at radius 3 is 2.50 bits per heavy atom. The van der Waals surface area contributed by atoms with Crippen LogP contribution in [0.15, 0.2) is 30.3 Å². The fourth-order valence-corrected chi connectivity index (χ4v) is 2.40. The number of aryl methyl sites for hydroxylation is 1. The van der Waals surface area contributed by atoms with E-state index in [1.165, 1.54) is 0 Å². The lowest BCUT2D eigenvalue weighted by atomic mass is 10.1. The van der Waals surface area contributed by atoms with Crippen molar-refractivity contribution in [1.82, 2.24) is 4.98 Å². The fourth-order valence-electron chi connectivity index (χ4n) is 2.40. The molecule has 0 atom stereocenters. The molecule has 0 aliphatic carbocycles. The molecular weight excluding hydrogens is 282 g/mol. The van der Waals surface area contributed by atoms with E-state index in [1.54, 1.807) is 6.92 Å². The van der Waals surface area contributed by atoms with Crippen molar-refractivity contribution in [3.05, 3.63) is 58.4 Å². The van der Waals surface area contributed by atoms with E-state index in [2.05, 4.69) is 4.98 Å². The Morgan fingerprint density at radius 1 is 1.18 bits per heavy atom. The van der Waals surface area contributed by atoms with Gasteiger partial charge in [0.05, 0.1) is 0 Å². The van der Waals surface area contributed by atoms with Crippen LogP contribution in [0.1, 0.15) is 39.3 Å². The molecule has 0 spiro atoms. The zero-order valence-corrected chi connectivity index (χ0v) is 12.7. The van der Waals surface area contributed by atoms with Gasteiger partial charge in [-0.05, 0) is 37.0 Å². The molecule has 22 heavy (non-hydrogen) atoms. The molecule has 2 rings (SSSR count). The van der Waals surface area contributed by atoms with Crippen LogP contribution in [0.5, 0.6) is 0 Å². The van der Waals surface area contributed by atoms with Gasteiger partial charge in [0.15, 0.2) is 0 Å². The van der Waals surface area contributed by atoms with Gasteiger partial charge < -0.3 is 14.8 Å². The zero-order chi connectivity index (χ0) is 16.1. The fraction of sp³-hybridized carbons (Fsp3) is 0.294. The number of carbonyl (C=O) groups excluding carboxylic acids is 1. The summed E-state index contributed by atoms with van der Waals surface area (Å²) in [4.78, 5) is 25.9. The standard InChI is InChI=1S/C17H19NO4/c1-11-14(8-9-15(19)20)12(2)18-16(11)17(21)22-10-13-6-4-3-5-7-13/h3-7,18H,8-10H2,1-2H3,(H,19,20). The molecule has 1 aromatic carbocycles. The smallest absolute Gasteiger partial charge is 0.355 e. The van der Waals surface area contributed by atoms with E-state index >= 15 is 0 Å². The van der Waals surface area contributed by atoms with Crippen molar-refractivity contribution in [2.24, 2.45) is 0 Å². The Hall–Kier alpha value is -2.56. The summed E-state index contributed by atoms with van der Waals surface area (Å²) < 4.78 is 5.30. The second-order valence-corrected chi connectivity index (χ2v) is 5.18. The van der Waals surface area contributed by atoms with E-state index in [0.717, 1.165) is 22.4 Å². The molecule has 2 N–H and O–H groups in total. The lowest BCUT2D eigenvalue weighted by Crippen LogP contribution is -2.07. The summed E-state index contributed by atoms with van der Waals surface area (Å²) in [7, 11) is 0. The first-order chi connectivity index (χ1) is 10.5. The summed E-state index contributed by atoms with van der Waals surface area (Å²) in [6, 6.07) is 9.45. The van der Waals surface area contributed by atoms with Gasteiger partial charge in [-0.3, -0.25) is 4.79 Å². The van der Waals surface area contributed by atoms with Crippen LogP contribution in [0, 0.1) is 13.8 Å². The summed E-state index contributed by atoms with van der Waals surface area (Å²) in [6.45, 7) is 3.85. The summed E-state index contributed by atoms with van der Waals surface area (Å²) in [5.74, 6) is -1.28. The molecule has 5 heteroatoms. The van der Waals surface area contributed by atoms with Gasteiger partial charge in [0, 0.05) is 12.1 Å². The zero-order valence-electron chi connectivity index (χ0n) is 12.7. The Bertz CT molecular complexity index is 673. The van der Waals surface area contributed by atoms with E-state index in [9.17, 15) is 9.59 Å². The Morgan fingerprint density at radius 2 is 1.86 bits per heavy atom. The molecule has 0 unspecified atom stereocenters. The molecule has 116 valence electrons. The van der Waals surface area contributed by atoms with E-state index in [-0.39, 0.29) is 13.0 Å². The highest BCUT2D eigenvalue weighted by molar-refractivity contribution is 5.89. The number of carboxylic acid groups (broad SMARTS) is 1. The van der Waals surface area contributed by atoms with Gasteiger partial charge in [0.25, 0.3) is 0 Å². The summed E-state index contributed by atoms with van der Waals surface area (Å²) in [6.07, 6.45) is 0.438. The number of rotatable bonds is 6. The minimum atomic E-state index is -0.854. The maximum Gasteiger partial charge on any atom is 0.355 e. The number of ether oxygens (including phenoxy) is 1. The second kappa shape index (κ2) is 6.93. The predicted octanol–water partition coefficient (Wildman–Crippen LogP) is 3.01. The van der Waals surface area contributed by atoms with Gasteiger partial charge in [0.1, 0.15) is 12.3 Å². The lowest BCUT2D eigenvalue weighted by Gasteiger charge is -2.05. The number of aromatic nitrogens is 1. The predicted molar refractivity (Wildman–Crippen MR) is 81.8 cm³/mol. The number of esters is 1. The minimum Gasteiger partial charge on any atom is -0.481 e. The van der Waals surface area contributed by atoms with Crippen LogP contribution in [-0.4, -0.2) is 22.0 Å². The highest BCUT2D eigenvalue weighted by atomic mass is 16.5. The van der Waals surface area contributed by atoms with E-state index in [4.69, 9.17) is 9.84 Å². The van der Waals surface area contributed by atoms with Gasteiger partial charge in [-0.1, -0.05) is 30.3 Å². The van der Waals surface area contributed by atoms with Crippen LogP contribution in [0.3, 0.4) is 0 Å². The van der Waals surface area contributed by atoms with Crippen molar-refractivity contribution in [1.29, 1.82) is 0 Å². The Kier molecular flexibility index (Phi) is 4.99. The molecule has 2 aromatic rings. The third-order valence-corrected chi connectivity index (χ3v) is 3.60. The number of aliphatic carboxylic acids is 1. The van der Waals surface area contributed by atoms with Crippen molar-refractivity contribution in [3.8, 4) is 0 Å². The van der Waals surface area contributed by atoms with Crippen LogP contribution in [0.2, 0.25) is 0 Å². The first kappa shape index (κ1) is 15.8. The van der Waals surface area contributed by atoms with E-state index in [1.807, 2.05) is 37.3 Å². The molecule has 0 aliphatic heterocycles. The third kappa shape index (κ3) is 3.75. The number of hydrogen-bond donors (Lipinski definition) is 2. The largest absolute Gasteiger partial charge is 0.481 e. The molecule has 1 aromatic heterocycles. The number of hydrogen-bond acceptors (Lipinski definition) is 3. The topological polar surface area (TPSA) is 79.4 Å². The molecule has 0 saturated heterocycles. The summed E-state index contributed by atoms with van der Waals surface area (Å²) >= 11 is 0. The molecule has 1 heterocycles. The van der Waals surface area contributed by atoms with Crippen LogP contribution in [0.25, 0.3) is 0 Å². The molecule has 0 amide bonds. The number of carboxylic acids is 1. The van der Waals surface area contributed by atoms with Crippen LogP contribution in [-0.2, 0) is 22.6 Å². The van der Waals surface area contributed by atoms with Crippen molar-refractivity contribution >= 4 is 11.9 Å². The van der Waals surface area contributed by atoms with Crippen molar-refractivity contribution in [2.75, 3.05) is 0 Å². The average Bonchev–Trinajstić information content (AvgIpc) is 2.78. The van der Waals surface area contributed by atoms with Gasteiger partial charge in [0.2, 0.25) is 0 Å². The lowest BCUT2D eigenvalue weighted by molar-refractivity contribution is -0.136. The van der Waals surface area contributed by atoms with E-state index in [0.29, 0.717) is 12.1 Å². The molecule has 0 radical (unpaired) electrons. The number of H-pyrrole nitrogens is 1. The van der Waals surface area contributed by atoms with Crippen molar-refractivity contribution in [3.63, 3.8) is 0 Å². The van der Waals surface area contributed by atoms with Crippen molar-refractivity contribution in [2.45, 2.75) is 33.3 Å². The quantitative estimate of drug-likeness (QED) is 0.804.